The van der Waals surface area contributed by atoms with Crippen LogP contribution < -0.4 is 5.32 Å². The Morgan fingerprint density at radius 3 is 2.24 bits per heavy atom. The molecular formula is C12H23N3OS. The van der Waals surface area contributed by atoms with Gasteiger partial charge in [0.1, 0.15) is 5.82 Å². The zero-order chi connectivity index (χ0) is 13.1. The molecule has 0 radical (unpaired) electrons. The first-order chi connectivity index (χ1) is 7.80. The van der Waals surface area contributed by atoms with E-state index in [-0.39, 0.29) is 5.41 Å². The van der Waals surface area contributed by atoms with Crippen LogP contribution in [0.3, 0.4) is 0 Å². The zero-order valence-corrected chi connectivity index (χ0v) is 12.2. The van der Waals surface area contributed by atoms with Gasteiger partial charge >= 0.3 is 0 Å². The van der Waals surface area contributed by atoms with Gasteiger partial charge < -0.3 is 10.4 Å². The zero-order valence-electron chi connectivity index (χ0n) is 11.4. The van der Waals surface area contributed by atoms with E-state index >= 15 is 0 Å². The van der Waals surface area contributed by atoms with Gasteiger partial charge in [-0.25, -0.2) is 4.98 Å². The van der Waals surface area contributed by atoms with Crippen molar-refractivity contribution in [3.63, 3.8) is 0 Å². The van der Waals surface area contributed by atoms with E-state index in [0.717, 1.165) is 23.8 Å². The van der Waals surface area contributed by atoms with Crippen LogP contribution in [0, 0.1) is 0 Å². The molecule has 0 aromatic carbocycles. The first-order valence-electron chi connectivity index (χ1n) is 6.11. The third-order valence-electron chi connectivity index (χ3n) is 2.98. The van der Waals surface area contributed by atoms with Crippen LogP contribution in [0.25, 0.3) is 0 Å². The monoisotopic (exact) mass is 257 g/mol. The van der Waals surface area contributed by atoms with E-state index < -0.39 is 5.60 Å². The lowest BCUT2D eigenvalue weighted by Crippen LogP contribution is -2.35. The van der Waals surface area contributed by atoms with Crippen LogP contribution in [-0.4, -0.2) is 26.6 Å². The fourth-order valence-electron chi connectivity index (χ4n) is 1.34. The Labute approximate surface area is 108 Å². The largest absolute Gasteiger partial charge is 0.388 e. The first-order valence-corrected chi connectivity index (χ1v) is 6.88. The molecule has 0 bridgehead atoms. The van der Waals surface area contributed by atoms with Crippen molar-refractivity contribution in [2.24, 2.45) is 0 Å². The van der Waals surface area contributed by atoms with Gasteiger partial charge in [0.2, 0.25) is 5.13 Å². The third-order valence-corrected chi connectivity index (χ3v) is 3.65. The number of hydrogen-bond acceptors (Lipinski definition) is 5. The molecule has 5 heteroatoms. The highest BCUT2D eigenvalue weighted by Crippen LogP contribution is 2.24. The van der Waals surface area contributed by atoms with Crippen LogP contribution in [-0.2, 0) is 5.41 Å². The summed E-state index contributed by atoms with van der Waals surface area (Å²) in [4.78, 5) is 4.44. The van der Waals surface area contributed by atoms with Gasteiger partial charge in [-0.2, -0.15) is 4.37 Å². The van der Waals surface area contributed by atoms with Crippen LogP contribution in [0.1, 0.15) is 53.3 Å². The lowest BCUT2D eigenvalue weighted by Gasteiger charge is -2.24. The van der Waals surface area contributed by atoms with Crippen LogP contribution in [0.5, 0.6) is 0 Å². The molecular weight excluding hydrogens is 234 g/mol. The van der Waals surface area contributed by atoms with Crippen molar-refractivity contribution < 1.29 is 5.11 Å². The highest BCUT2D eigenvalue weighted by atomic mass is 32.1. The van der Waals surface area contributed by atoms with E-state index in [9.17, 15) is 5.11 Å². The molecule has 0 fully saturated rings. The van der Waals surface area contributed by atoms with Gasteiger partial charge in [-0.05, 0) is 12.8 Å². The molecule has 98 valence electrons. The molecule has 2 N–H and O–H groups in total. The lowest BCUT2D eigenvalue weighted by atomic mass is 9.96. The van der Waals surface area contributed by atoms with Gasteiger partial charge in [0.15, 0.2) is 0 Å². The topological polar surface area (TPSA) is 58.0 Å². The summed E-state index contributed by atoms with van der Waals surface area (Å²) in [5.41, 5.74) is -0.671. The number of aliphatic hydroxyl groups is 1. The number of nitrogens with one attached hydrogen (secondary N) is 1. The van der Waals surface area contributed by atoms with Gasteiger partial charge in [0.05, 0.1) is 5.60 Å². The SMILES string of the molecule is CCC(O)(CC)CNc1nc(C(C)(C)C)ns1. The average molecular weight is 257 g/mol. The first kappa shape index (κ1) is 14.4. The number of rotatable bonds is 5. The quantitative estimate of drug-likeness (QED) is 0.851. The maximum Gasteiger partial charge on any atom is 0.202 e. The summed E-state index contributed by atoms with van der Waals surface area (Å²) in [6.07, 6.45) is 1.48. The molecule has 0 unspecified atom stereocenters. The summed E-state index contributed by atoms with van der Waals surface area (Å²) in [5, 5.41) is 14.1. The van der Waals surface area contributed by atoms with Crippen LogP contribution in [0.4, 0.5) is 5.13 Å². The van der Waals surface area contributed by atoms with E-state index in [2.05, 4.69) is 35.4 Å². The predicted molar refractivity (Wildman–Crippen MR) is 72.6 cm³/mol. The Bertz CT molecular complexity index is 353. The summed E-state index contributed by atoms with van der Waals surface area (Å²) < 4.78 is 4.33. The summed E-state index contributed by atoms with van der Waals surface area (Å²) >= 11 is 1.35. The Hall–Kier alpha value is -0.680. The molecule has 1 heterocycles. The number of nitrogens with zero attached hydrogens (tertiary/aromatic N) is 2. The molecule has 1 rings (SSSR count). The number of hydrogen-bond donors (Lipinski definition) is 2. The molecule has 17 heavy (non-hydrogen) atoms. The van der Waals surface area contributed by atoms with E-state index in [0.29, 0.717) is 6.54 Å². The normalized spacial score (nSPS) is 12.8. The molecule has 0 saturated heterocycles. The molecule has 0 aliphatic rings. The van der Waals surface area contributed by atoms with Crippen molar-refractivity contribution >= 4 is 16.7 Å². The molecule has 1 aromatic heterocycles. The van der Waals surface area contributed by atoms with Crippen LogP contribution >= 0.6 is 11.5 Å². The fourth-order valence-corrected chi connectivity index (χ4v) is 2.09. The molecule has 4 nitrogen and oxygen atoms in total. The minimum atomic E-state index is -0.645. The molecule has 0 aliphatic heterocycles. The minimum Gasteiger partial charge on any atom is -0.388 e. The third kappa shape index (κ3) is 3.92. The summed E-state index contributed by atoms with van der Waals surface area (Å²) in [7, 11) is 0. The average Bonchev–Trinajstić information content (AvgIpc) is 2.74. The fraction of sp³-hybridized carbons (Fsp3) is 0.833. The summed E-state index contributed by atoms with van der Waals surface area (Å²) in [6.45, 7) is 10.8. The number of anilines is 1. The van der Waals surface area contributed by atoms with Gasteiger partial charge in [0, 0.05) is 23.5 Å². The van der Waals surface area contributed by atoms with E-state index in [4.69, 9.17) is 0 Å². The van der Waals surface area contributed by atoms with Crippen molar-refractivity contribution in [1.82, 2.24) is 9.36 Å². The molecule has 1 aromatic rings. The molecule has 0 atom stereocenters. The standard InChI is InChI=1S/C12H23N3OS/c1-6-12(16,7-2)8-13-10-14-9(15-17-10)11(3,4)5/h16H,6-8H2,1-5H3,(H,13,14,15). The van der Waals surface area contributed by atoms with E-state index in [1.54, 1.807) is 0 Å². The van der Waals surface area contributed by atoms with E-state index in [1.165, 1.54) is 11.5 Å². The highest BCUT2D eigenvalue weighted by Gasteiger charge is 2.23. The Morgan fingerprint density at radius 1 is 1.24 bits per heavy atom. The van der Waals surface area contributed by atoms with Crippen molar-refractivity contribution in [3.8, 4) is 0 Å². The van der Waals surface area contributed by atoms with Gasteiger partial charge in [0.25, 0.3) is 0 Å². The second-order valence-electron chi connectivity index (χ2n) is 5.46. The van der Waals surface area contributed by atoms with Gasteiger partial charge in [-0.3, -0.25) is 0 Å². The summed E-state index contributed by atoms with van der Waals surface area (Å²) in [6, 6.07) is 0. The smallest absolute Gasteiger partial charge is 0.202 e. The minimum absolute atomic E-state index is 0.0255. The molecule has 0 spiro atoms. The Kier molecular flexibility index (Phi) is 4.49. The van der Waals surface area contributed by atoms with Crippen molar-refractivity contribution in [1.29, 1.82) is 0 Å². The highest BCUT2D eigenvalue weighted by molar-refractivity contribution is 7.09. The maximum atomic E-state index is 10.2. The van der Waals surface area contributed by atoms with Gasteiger partial charge in [-0.1, -0.05) is 34.6 Å². The molecule has 0 aliphatic carbocycles. The Balaban J connectivity index is 2.62. The number of aromatic nitrogens is 2. The second kappa shape index (κ2) is 5.31. The predicted octanol–water partition coefficient (Wildman–Crippen LogP) is 2.80. The lowest BCUT2D eigenvalue weighted by molar-refractivity contribution is 0.0457. The van der Waals surface area contributed by atoms with Crippen LogP contribution in [0.2, 0.25) is 0 Å². The summed E-state index contributed by atoms with van der Waals surface area (Å²) in [5.74, 6) is 0.849. The van der Waals surface area contributed by atoms with Crippen molar-refractivity contribution in [2.75, 3.05) is 11.9 Å². The van der Waals surface area contributed by atoms with Crippen LogP contribution in [0.15, 0.2) is 0 Å². The Morgan fingerprint density at radius 2 is 1.82 bits per heavy atom. The van der Waals surface area contributed by atoms with Crippen molar-refractivity contribution in [3.05, 3.63) is 5.82 Å². The van der Waals surface area contributed by atoms with E-state index in [1.807, 2.05) is 13.8 Å². The van der Waals surface area contributed by atoms with Gasteiger partial charge in [-0.15, -0.1) is 0 Å². The molecule has 0 saturated carbocycles. The van der Waals surface area contributed by atoms with Crippen molar-refractivity contribution in [2.45, 2.75) is 58.5 Å². The maximum absolute atomic E-state index is 10.2. The molecule has 0 amide bonds. The second-order valence-corrected chi connectivity index (χ2v) is 6.21.